The molecule has 0 radical (unpaired) electrons. The second-order valence-electron chi connectivity index (χ2n) is 6.08. The number of pyridine rings is 1. The minimum atomic E-state index is -0.260. The fourth-order valence-electron chi connectivity index (χ4n) is 2.73. The molecule has 1 N–H and O–H groups in total. The number of fused-ring (bicyclic) bond motifs is 1. The third-order valence-electron chi connectivity index (χ3n) is 4.21. The first-order chi connectivity index (χ1) is 11.7. The Morgan fingerprint density at radius 1 is 1.25 bits per heavy atom. The van der Waals surface area contributed by atoms with Crippen LogP contribution in [0.5, 0.6) is 0 Å². The Kier molecular flexibility index (Phi) is 3.72. The number of halogens is 1. The zero-order valence-electron chi connectivity index (χ0n) is 13.1. The highest BCUT2D eigenvalue weighted by atomic mass is 19.1. The van der Waals surface area contributed by atoms with E-state index < -0.39 is 0 Å². The molecule has 1 aliphatic rings. The summed E-state index contributed by atoms with van der Waals surface area (Å²) < 4.78 is 15.1. The molecule has 0 aliphatic heterocycles. The van der Waals surface area contributed by atoms with Gasteiger partial charge in [-0.1, -0.05) is 12.1 Å². The monoisotopic (exact) mass is 324 g/mol. The van der Waals surface area contributed by atoms with E-state index in [0.29, 0.717) is 13.1 Å². The van der Waals surface area contributed by atoms with Crippen molar-refractivity contribution < 1.29 is 9.18 Å². The van der Waals surface area contributed by atoms with E-state index >= 15 is 0 Å². The third-order valence-corrected chi connectivity index (χ3v) is 4.21. The van der Waals surface area contributed by atoms with Crippen LogP contribution < -0.4 is 5.32 Å². The van der Waals surface area contributed by atoms with Gasteiger partial charge in [0.25, 0.3) is 0 Å². The number of hydrogen-bond acceptors (Lipinski definition) is 3. The summed E-state index contributed by atoms with van der Waals surface area (Å²) in [6.07, 6.45) is 3.66. The van der Waals surface area contributed by atoms with Gasteiger partial charge in [-0.2, -0.15) is 0 Å². The summed E-state index contributed by atoms with van der Waals surface area (Å²) >= 11 is 0. The van der Waals surface area contributed by atoms with Crippen LogP contribution in [0.25, 0.3) is 11.2 Å². The van der Waals surface area contributed by atoms with Crippen molar-refractivity contribution in [2.24, 2.45) is 5.92 Å². The summed E-state index contributed by atoms with van der Waals surface area (Å²) in [7, 11) is 0. The number of rotatable bonds is 5. The van der Waals surface area contributed by atoms with Gasteiger partial charge in [0.1, 0.15) is 17.2 Å². The molecular formula is C18H17FN4O. The number of imidazole rings is 1. The molecule has 5 nitrogen and oxygen atoms in total. The Labute approximate surface area is 138 Å². The number of aromatic nitrogens is 3. The molecule has 0 atom stereocenters. The Hall–Kier alpha value is -2.76. The Balaban J connectivity index is 1.64. The third kappa shape index (κ3) is 2.99. The maximum atomic E-state index is 13.1. The predicted molar refractivity (Wildman–Crippen MR) is 87.6 cm³/mol. The molecular weight excluding hydrogens is 307 g/mol. The zero-order valence-corrected chi connectivity index (χ0v) is 13.1. The van der Waals surface area contributed by atoms with E-state index in [1.54, 1.807) is 18.3 Å². The number of carbonyl (C=O) groups is 1. The number of amides is 1. The van der Waals surface area contributed by atoms with Gasteiger partial charge in [-0.05, 0) is 42.7 Å². The van der Waals surface area contributed by atoms with Crippen molar-refractivity contribution in [2.75, 3.05) is 0 Å². The molecule has 1 saturated carbocycles. The summed E-state index contributed by atoms with van der Waals surface area (Å²) in [5, 5.41) is 2.95. The average molecular weight is 324 g/mol. The number of hydrogen-bond donors (Lipinski definition) is 1. The van der Waals surface area contributed by atoms with Crippen LogP contribution in [0.2, 0.25) is 0 Å². The maximum Gasteiger partial charge on any atom is 0.223 e. The van der Waals surface area contributed by atoms with Gasteiger partial charge in [-0.25, -0.2) is 14.4 Å². The van der Waals surface area contributed by atoms with Crippen LogP contribution in [0.15, 0.2) is 42.6 Å². The summed E-state index contributed by atoms with van der Waals surface area (Å²) in [6, 6.07) is 10.1. The molecule has 122 valence electrons. The van der Waals surface area contributed by atoms with Crippen LogP contribution in [-0.4, -0.2) is 20.4 Å². The Bertz CT molecular complexity index is 884. The minimum Gasteiger partial charge on any atom is -0.349 e. The predicted octanol–water partition coefficient (Wildman–Crippen LogP) is 2.64. The normalized spacial score (nSPS) is 14.0. The van der Waals surface area contributed by atoms with Crippen molar-refractivity contribution >= 4 is 17.1 Å². The second-order valence-corrected chi connectivity index (χ2v) is 6.08. The lowest BCUT2D eigenvalue weighted by molar-refractivity contribution is -0.122. The lowest BCUT2D eigenvalue weighted by Gasteiger charge is -2.10. The largest absolute Gasteiger partial charge is 0.349 e. The summed E-state index contributed by atoms with van der Waals surface area (Å²) in [6.45, 7) is 0.898. The summed E-state index contributed by atoms with van der Waals surface area (Å²) in [5.74, 6) is 0.743. The van der Waals surface area contributed by atoms with Gasteiger partial charge in [0.2, 0.25) is 5.91 Å². The first kappa shape index (κ1) is 14.8. The van der Waals surface area contributed by atoms with E-state index in [1.165, 1.54) is 12.1 Å². The maximum absolute atomic E-state index is 13.1. The first-order valence-corrected chi connectivity index (χ1v) is 8.03. The fourth-order valence-corrected chi connectivity index (χ4v) is 2.73. The van der Waals surface area contributed by atoms with Gasteiger partial charge in [0.05, 0.1) is 13.1 Å². The van der Waals surface area contributed by atoms with E-state index in [9.17, 15) is 9.18 Å². The van der Waals surface area contributed by atoms with Gasteiger partial charge in [0, 0.05) is 12.1 Å². The van der Waals surface area contributed by atoms with E-state index in [1.807, 2.05) is 16.7 Å². The molecule has 0 bridgehead atoms. The van der Waals surface area contributed by atoms with Gasteiger partial charge in [0.15, 0.2) is 5.65 Å². The standard InChI is InChI=1S/C18H17FN4O/c19-14-7-3-12(4-8-14)11-23-16(10-21-18(24)13-5-6-13)22-15-2-1-9-20-17(15)23/h1-4,7-9,13H,5-6,10-11H2,(H,21,24). The smallest absolute Gasteiger partial charge is 0.223 e. The average Bonchev–Trinajstić information content (AvgIpc) is 3.39. The molecule has 3 aromatic rings. The van der Waals surface area contributed by atoms with Crippen molar-refractivity contribution in [3.05, 3.63) is 59.8 Å². The molecule has 1 aromatic carbocycles. The van der Waals surface area contributed by atoms with E-state index in [-0.39, 0.29) is 17.6 Å². The number of nitrogens with zero attached hydrogens (tertiary/aromatic N) is 3. The lowest BCUT2D eigenvalue weighted by atomic mass is 10.2. The number of nitrogens with one attached hydrogen (secondary N) is 1. The summed E-state index contributed by atoms with van der Waals surface area (Å²) in [5.41, 5.74) is 2.50. The lowest BCUT2D eigenvalue weighted by Crippen LogP contribution is -2.26. The Morgan fingerprint density at radius 3 is 2.79 bits per heavy atom. The van der Waals surface area contributed by atoms with Crippen LogP contribution in [0.4, 0.5) is 4.39 Å². The first-order valence-electron chi connectivity index (χ1n) is 8.03. The molecule has 6 heteroatoms. The molecule has 1 aliphatic carbocycles. The molecule has 24 heavy (non-hydrogen) atoms. The quantitative estimate of drug-likeness (QED) is 0.785. The number of benzene rings is 1. The van der Waals surface area contributed by atoms with Crippen LogP contribution in [0, 0.1) is 11.7 Å². The molecule has 1 fully saturated rings. The zero-order chi connectivity index (χ0) is 16.5. The molecule has 0 spiro atoms. The van der Waals surface area contributed by atoms with Crippen molar-refractivity contribution in [1.82, 2.24) is 19.9 Å². The van der Waals surface area contributed by atoms with E-state index in [2.05, 4.69) is 15.3 Å². The van der Waals surface area contributed by atoms with Crippen molar-refractivity contribution in [3.8, 4) is 0 Å². The molecule has 0 saturated heterocycles. The highest BCUT2D eigenvalue weighted by molar-refractivity contribution is 5.80. The molecule has 2 aromatic heterocycles. The van der Waals surface area contributed by atoms with Gasteiger partial charge < -0.3 is 9.88 Å². The minimum absolute atomic E-state index is 0.0864. The summed E-state index contributed by atoms with van der Waals surface area (Å²) in [4.78, 5) is 20.9. The van der Waals surface area contributed by atoms with Crippen molar-refractivity contribution in [3.63, 3.8) is 0 Å². The second kappa shape index (κ2) is 6.03. The molecule has 4 rings (SSSR count). The highest BCUT2D eigenvalue weighted by Crippen LogP contribution is 2.28. The van der Waals surface area contributed by atoms with Gasteiger partial charge >= 0.3 is 0 Å². The van der Waals surface area contributed by atoms with Crippen molar-refractivity contribution in [1.29, 1.82) is 0 Å². The van der Waals surface area contributed by atoms with Crippen LogP contribution >= 0.6 is 0 Å². The van der Waals surface area contributed by atoms with Crippen LogP contribution in [0.3, 0.4) is 0 Å². The van der Waals surface area contributed by atoms with Crippen LogP contribution in [-0.2, 0) is 17.9 Å². The molecule has 2 heterocycles. The molecule has 0 unspecified atom stereocenters. The van der Waals surface area contributed by atoms with Gasteiger partial charge in [-0.15, -0.1) is 0 Å². The highest BCUT2D eigenvalue weighted by Gasteiger charge is 2.29. The van der Waals surface area contributed by atoms with E-state index in [4.69, 9.17) is 0 Å². The SMILES string of the molecule is O=C(NCc1nc2cccnc2n1Cc1ccc(F)cc1)C1CC1. The van der Waals surface area contributed by atoms with Gasteiger partial charge in [-0.3, -0.25) is 4.79 Å². The van der Waals surface area contributed by atoms with E-state index in [0.717, 1.165) is 35.4 Å². The Morgan fingerprint density at radius 2 is 2.04 bits per heavy atom. The number of carbonyl (C=O) groups excluding carboxylic acids is 1. The van der Waals surface area contributed by atoms with Crippen LogP contribution in [0.1, 0.15) is 24.2 Å². The molecule has 1 amide bonds. The fraction of sp³-hybridized carbons (Fsp3) is 0.278. The topological polar surface area (TPSA) is 59.8 Å². The van der Waals surface area contributed by atoms with Crippen molar-refractivity contribution in [2.45, 2.75) is 25.9 Å².